The molecule has 2 unspecified atom stereocenters. The Balaban J connectivity index is 2.17. The minimum absolute atomic E-state index is 0.616. The van der Waals surface area contributed by atoms with Crippen molar-refractivity contribution < 1.29 is 0 Å². The van der Waals surface area contributed by atoms with Crippen molar-refractivity contribution in [3.63, 3.8) is 0 Å². The fourth-order valence-corrected chi connectivity index (χ4v) is 3.36. The monoisotopic (exact) mass is 224 g/mol. The zero-order chi connectivity index (χ0) is 12.0. The van der Waals surface area contributed by atoms with Crippen LogP contribution in [0.25, 0.3) is 5.57 Å². The van der Waals surface area contributed by atoms with Gasteiger partial charge in [0, 0.05) is 5.92 Å². The molecule has 2 aliphatic carbocycles. The molecular weight excluding hydrogens is 204 g/mol. The lowest BCUT2D eigenvalue weighted by atomic mass is 9.83. The standard InChI is InChI=1S/C17H20/c1-11(2)17-14-7-5-4-6-13(14)16-10-12(3)8-9-15(16)17/h4-9,11-12,17H,10H2,1-3H3. The van der Waals surface area contributed by atoms with Gasteiger partial charge < -0.3 is 0 Å². The average Bonchev–Trinajstić information content (AvgIpc) is 2.63. The van der Waals surface area contributed by atoms with Crippen molar-refractivity contribution in [2.24, 2.45) is 11.8 Å². The van der Waals surface area contributed by atoms with E-state index in [0.29, 0.717) is 17.8 Å². The van der Waals surface area contributed by atoms with Crippen molar-refractivity contribution in [2.75, 3.05) is 0 Å². The first-order valence-corrected chi connectivity index (χ1v) is 6.69. The highest BCUT2D eigenvalue weighted by atomic mass is 14.4. The summed E-state index contributed by atoms with van der Waals surface area (Å²) in [6, 6.07) is 8.98. The van der Waals surface area contributed by atoms with Crippen LogP contribution in [-0.4, -0.2) is 0 Å². The molecule has 1 aromatic carbocycles. The number of fused-ring (bicyclic) bond motifs is 2. The molecule has 3 rings (SSSR count). The molecule has 0 saturated carbocycles. The Morgan fingerprint density at radius 2 is 1.94 bits per heavy atom. The minimum Gasteiger partial charge on any atom is -0.0811 e. The molecule has 0 spiro atoms. The van der Waals surface area contributed by atoms with Gasteiger partial charge in [-0.25, -0.2) is 0 Å². The van der Waals surface area contributed by atoms with Gasteiger partial charge in [-0.15, -0.1) is 0 Å². The van der Waals surface area contributed by atoms with E-state index in [1.807, 2.05) is 0 Å². The Kier molecular flexibility index (Phi) is 2.47. The van der Waals surface area contributed by atoms with Gasteiger partial charge in [0.2, 0.25) is 0 Å². The van der Waals surface area contributed by atoms with E-state index < -0.39 is 0 Å². The summed E-state index contributed by atoms with van der Waals surface area (Å²) < 4.78 is 0. The molecule has 0 heteroatoms. The molecule has 0 aromatic heterocycles. The molecule has 0 aliphatic heterocycles. The second-order valence-electron chi connectivity index (χ2n) is 5.78. The molecule has 0 fully saturated rings. The first-order chi connectivity index (χ1) is 8.18. The molecule has 0 radical (unpaired) electrons. The SMILES string of the molecule is CC1C=CC2=C(C1)c1ccccc1C2C(C)C. The van der Waals surface area contributed by atoms with Gasteiger partial charge in [-0.1, -0.05) is 57.2 Å². The Hall–Kier alpha value is -1.30. The molecule has 2 aliphatic rings. The number of hydrogen-bond acceptors (Lipinski definition) is 0. The molecule has 17 heavy (non-hydrogen) atoms. The van der Waals surface area contributed by atoms with Crippen LogP contribution in [0, 0.1) is 11.8 Å². The summed E-state index contributed by atoms with van der Waals surface area (Å²) in [5.41, 5.74) is 6.25. The van der Waals surface area contributed by atoms with Gasteiger partial charge in [0.1, 0.15) is 0 Å². The lowest BCUT2D eigenvalue weighted by molar-refractivity contribution is 0.567. The molecule has 2 atom stereocenters. The van der Waals surface area contributed by atoms with Crippen LogP contribution in [0.3, 0.4) is 0 Å². The summed E-state index contributed by atoms with van der Waals surface area (Å²) in [6.45, 7) is 6.98. The summed E-state index contributed by atoms with van der Waals surface area (Å²) in [6.07, 6.45) is 5.97. The van der Waals surface area contributed by atoms with Crippen LogP contribution < -0.4 is 0 Å². The zero-order valence-corrected chi connectivity index (χ0v) is 10.9. The van der Waals surface area contributed by atoms with E-state index >= 15 is 0 Å². The Morgan fingerprint density at radius 1 is 1.18 bits per heavy atom. The lowest BCUT2D eigenvalue weighted by Gasteiger charge is -2.21. The van der Waals surface area contributed by atoms with E-state index in [9.17, 15) is 0 Å². The second kappa shape index (κ2) is 3.87. The number of rotatable bonds is 1. The Morgan fingerprint density at radius 3 is 2.71 bits per heavy atom. The first kappa shape index (κ1) is 10.8. The van der Waals surface area contributed by atoms with E-state index in [1.165, 1.54) is 12.0 Å². The highest BCUT2D eigenvalue weighted by molar-refractivity contribution is 5.81. The van der Waals surface area contributed by atoms with Crippen LogP contribution in [0.15, 0.2) is 42.0 Å². The molecular formula is C17H20. The normalized spacial score (nSPS) is 26.4. The zero-order valence-electron chi connectivity index (χ0n) is 10.9. The molecule has 0 saturated heterocycles. The molecule has 0 heterocycles. The van der Waals surface area contributed by atoms with Crippen molar-refractivity contribution in [2.45, 2.75) is 33.1 Å². The molecule has 0 N–H and O–H groups in total. The largest absolute Gasteiger partial charge is 0.0811 e. The van der Waals surface area contributed by atoms with Gasteiger partial charge >= 0.3 is 0 Å². The van der Waals surface area contributed by atoms with Crippen molar-refractivity contribution >= 4 is 5.57 Å². The van der Waals surface area contributed by atoms with E-state index in [2.05, 4.69) is 57.2 Å². The van der Waals surface area contributed by atoms with Gasteiger partial charge in [-0.3, -0.25) is 0 Å². The molecule has 88 valence electrons. The predicted molar refractivity (Wildman–Crippen MR) is 73.9 cm³/mol. The molecule has 1 aromatic rings. The van der Waals surface area contributed by atoms with Crippen LogP contribution in [-0.2, 0) is 0 Å². The fraction of sp³-hybridized carbons (Fsp3) is 0.412. The van der Waals surface area contributed by atoms with E-state index in [0.717, 1.165) is 0 Å². The van der Waals surface area contributed by atoms with Gasteiger partial charge in [-0.05, 0) is 40.5 Å². The Bertz CT molecular complexity index is 503. The maximum absolute atomic E-state index is 2.38. The lowest BCUT2D eigenvalue weighted by Crippen LogP contribution is -2.07. The smallest absolute Gasteiger partial charge is 0.0121 e. The third-order valence-electron chi connectivity index (χ3n) is 4.10. The quantitative estimate of drug-likeness (QED) is 0.643. The summed E-state index contributed by atoms with van der Waals surface area (Å²) in [5, 5.41) is 0. The fourth-order valence-electron chi connectivity index (χ4n) is 3.36. The van der Waals surface area contributed by atoms with Crippen molar-refractivity contribution in [3.8, 4) is 0 Å². The third-order valence-corrected chi connectivity index (χ3v) is 4.10. The highest BCUT2D eigenvalue weighted by Crippen LogP contribution is 2.49. The molecule has 0 amide bonds. The van der Waals surface area contributed by atoms with Crippen molar-refractivity contribution in [1.82, 2.24) is 0 Å². The average molecular weight is 224 g/mol. The Labute approximate surface area is 104 Å². The van der Waals surface area contributed by atoms with Gasteiger partial charge in [0.25, 0.3) is 0 Å². The van der Waals surface area contributed by atoms with Crippen LogP contribution in [0.1, 0.15) is 44.2 Å². The maximum atomic E-state index is 2.38. The van der Waals surface area contributed by atoms with Gasteiger partial charge in [0.05, 0.1) is 0 Å². The van der Waals surface area contributed by atoms with Gasteiger partial charge in [-0.2, -0.15) is 0 Å². The first-order valence-electron chi connectivity index (χ1n) is 6.69. The number of benzene rings is 1. The summed E-state index contributed by atoms with van der Waals surface area (Å²) in [5.74, 6) is 1.99. The predicted octanol–water partition coefficient (Wildman–Crippen LogP) is 4.79. The van der Waals surface area contributed by atoms with Crippen LogP contribution >= 0.6 is 0 Å². The second-order valence-corrected chi connectivity index (χ2v) is 5.78. The van der Waals surface area contributed by atoms with E-state index in [1.54, 1.807) is 16.7 Å². The summed E-state index contributed by atoms with van der Waals surface area (Å²) >= 11 is 0. The summed E-state index contributed by atoms with van der Waals surface area (Å²) in [4.78, 5) is 0. The van der Waals surface area contributed by atoms with Crippen LogP contribution in [0.5, 0.6) is 0 Å². The maximum Gasteiger partial charge on any atom is 0.0121 e. The van der Waals surface area contributed by atoms with E-state index in [-0.39, 0.29) is 0 Å². The van der Waals surface area contributed by atoms with Crippen LogP contribution in [0.2, 0.25) is 0 Å². The van der Waals surface area contributed by atoms with Crippen molar-refractivity contribution in [3.05, 3.63) is 53.1 Å². The topological polar surface area (TPSA) is 0 Å². The highest BCUT2D eigenvalue weighted by Gasteiger charge is 2.33. The van der Waals surface area contributed by atoms with Crippen LogP contribution in [0.4, 0.5) is 0 Å². The number of hydrogen-bond donors (Lipinski definition) is 0. The minimum atomic E-state index is 0.616. The van der Waals surface area contributed by atoms with Crippen molar-refractivity contribution in [1.29, 1.82) is 0 Å². The molecule has 0 nitrogen and oxygen atoms in total. The molecule has 0 bridgehead atoms. The summed E-state index contributed by atoms with van der Waals surface area (Å²) in [7, 11) is 0. The van der Waals surface area contributed by atoms with E-state index in [4.69, 9.17) is 0 Å². The van der Waals surface area contributed by atoms with Gasteiger partial charge in [0.15, 0.2) is 0 Å². The number of allylic oxidation sites excluding steroid dienone is 4. The third kappa shape index (κ3) is 1.58.